The van der Waals surface area contributed by atoms with Gasteiger partial charge in [-0.15, -0.1) is 0 Å². The smallest absolute Gasteiger partial charge is 0.328 e. The van der Waals surface area contributed by atoms with Crippen LogP contribution in [0, 0.1) is 0 Å². The fraction of sp³-hybridized carbons (Fsp3) is 0.333. The Morgan fingerprint density at radius 3 is 2.95 bits per heavy atom. The average Bonchev–Trinajstić information content (AvgIpc) is 2.85. The van der Waals surface area contributed by atoms with Crippen molar-refractivity contribution >= 4 is 0 Å². The molecule has 0 radical (unpaired) electrons. The molecule has 1 aromatic carbocycles. The maximum atomic E-state index is 11.9. The first-order valence-corrected chi connectivity index (χ1v) is 6.73. The molecule has 1 atom stereocenters. The fourth-order valence-electron chi connectivity index (χ4n) is 2.56. The number of benzene rings is 1. The van der Waals surface area contributed by atoms with Crippen LogP contribution < -0.4 is 16.0 Å². The van der Waals surface area contributed by atoms with E-state index in [1.807, 2.05) is 31.2 Å². The number of hydrogen-bond acceptors (Lipinski definition) is 3. The Morgan fingerprint density at radius 1 is 1.35 bits per heavy atom. The van der Waals surface area contributed by atoms with Gasteiger partial charge in [0.25, 0.3) is 5.56 Å². The van der Waals surface area contributed by atoms with E-state index in [9.17, 15) is 9.59 Å². The first-order valence-electron chi connectivity index (χ1n) is 6.73. The summed E-state index contributed by atoms with van der Waals surface area (Å²) >= 11 is 0. The minimum Gasteiger partial charge on any atom is -0.493 e. The number of fused-ring (bicyclic) bond motifs is 1. The number of para-hydroxylation sites is 1. The first kappa shape index (κ1) is 12.7. The Bertz CT molecular complexity index is 745. The highest BCUT2D eigenvalue weighted by Crippen LogP contribution is 2.34. The zero-order valence-corrected chi connectivity index (χ0v) is 11.3. The average molecular weight is 272 g/mol. The molecular formula is C15H16N2O3. The third-order valence-electron chi connectivity index (χ3n) is 3.68. The molecule has 0 spiro atoms. The molecule has 0 saturated heterocycles. The van der Waals surface area contributed by atoms with Gasteiger partial charge >= 0.3 is 5.69 Å². The lowest BCUT2D eigenvalue weighted by Gasteiger charge is -2.11. The molecule has 1 aliphatic heterocycles. The topological polar surface area (TPSA) is 64.1 Å². The van der Waals surface area contributed by atoms with Crippen LogP contribution in [0.15, 0.2) is 40.1 Å². The highest BCUT2D eigenvalue weighted by atomic mass is 16.5. The number of nitrogens with one attached hydrogen (secondary N) is 1. The molecule has 1 aliphatic rings. The van der Waals surface area contributed by atoms with Crippen LogP contribution in [0.4, 0.5) is 0 Å². The van der Waals surface area contributed by atoms with Gasteiger partial charge in [0.2, 0.25) is 0 Å². The number of rotatable bonds is 3. The van der Waals surface area contributed by atoms with Gasteiger partial charge in [0.1, 0.15) is 5.75 Å². The van der Waals surface area contributed by atoms with Crippen LogP contribution in [0.25, 0.3) is 0 Å². The van der Waals surface area contributed by atoms with Crippen LogP contribution in [0.3, 0.4) is 0 Å². The molecule has 0 amide bonds. The number of aromatic amines is 1. The number of H-pyrrole nitrogens is 1. The quantitative estimate of drug-likeness (QED) is 0.915. The van der Waals surface area contributed by atoms with Crippen molar-refractivity contribution in [1.82, 2.24) is 9.55 Å². The van der Waals surface area contributed by atoms with Gasteiger partial charge in [-0.05, 0) is 12.5 Å². The summed E-state index contributed by atoms with van der Waals surface area (Å²) < 4.78 is 7.18. The lowest BCUT2D eigenvalue weighted by atomic mass is 10.0. The molecule has 3 rings (SSSR count). The van der Waals surface area contributed by atoms with Crippen molar-refractivity contribution in [2.45, 2.75) is 25.8 Å². The van der Waals surface area contributed by atoms with E-state index < -0.39 is 0 Å². The third-order valence-corrected chi connectivity index (χ3v) is 3.68. The summed E-state index contributed by atoms with van der Waals surface area (Å²) in [4.78, 5) is 25.8. The van der Waals surface area contributed by atoms with Gasteiger partial charge < -0.3 is 4.74 Å². The van der Waals surface area contributed by atoms with Gasteiger partial charge in [-0.1, -0.05) is 25.1 Å². The van der Waals surface area contributed by atoms with E-state index in [0.29, 0.717) is 25.1 Å². The maximum Gasteiger partial charge on any atom is 0.328 e. The van der Waals surface area contributed by atoms with Crippen molar-refractivity contribution in [2.24, 2.45) is 0 Å². The van der Waals surface area contributed by atoms with E-state index in [2.05, 4.69) is 4.98 Å². The summed E-state index contributed by atoms with van der Waals surface area (Å²) in [5, 5.41) is 0. The van der Waals surface area contributed by atoms with Crippen LogP contribution in [-0.4, -0.2) is 16.2 Å². The zero-order valence-electron chi connectivity index (χ0n) is 11.3. The summed E-state index contributed by atoms with van der Waals surface area (Å²) in [7, 11) is 0. The van der Waals surface area contributed by atoms with Crippen molar-refractivity contribution in [2.75, 3.05) is 6.61 Å². The van der Waals surface area contributed by atoms with E-state index in [1.165, 1.54) is 0 Å². The van der Waals surface area contributed by atoms with Gasteiger partial charge in [0.05, 0.1) is 6.61 Å². The summed E-state index contributed by atoms with van der Waals surface area (Å²) in [6, 6.07) is 7.85. The number of aromatic nitrogens is 2. The molecule has 0 saturated carbocycles. The molecule has 104 valence electrons. The summed E-state index contributed by atoms with van der Waals surface area (Å²) in [6.07, 6.45) is 2.26. The second-order valence-electron chi connectivity index (χ2n) is 4.97. The molecule has 1 unspecified atom stereocenters. The lowest BCUT2D eigenvalue weighted by molar-refractivity contribution is 0.317. The minimum absolute atomic E-state index is 0.138. The number of ether oxygens (including phenoxy) is 1. The Balaban J connectivity index is 1.93. The maximum absolute atomic E-state index is 11.9. The molecule has 0 aliphatic carbocycles. The highest BCUT2D eigenvalue weighted by molar-refractivity contribution is 5.39. The van der Waals surface area contributed by atoms with E-state index in [4.69, 9.17) is 4.74 Å². The van der Waals surface area contributed by atoms with E-state index in [0.717, 1.165) is 11.3 Å². The second kappa shape index (κ2) is 5.00. The molecule has 5 nitrogen and oxygen atoms in total. The fourth-order valence-corrected chi connectivity index (χ4v) is 2.56. The van der Waals surface area contributed by atoms with Crippen LogP contribution in [0.1, 0.15) is 24.0 Å². The lowest BCUT2D eigenvalue weighted by Crippen LogP contribution is -2.33. The largest absolute Gasteiger partial charge is 0.493 e. The predicted molar refractivity (Wildman–Crippen MR) is 75.4 cm³/mol. The molecule has 2 heterocycles. The molecular weight excluding hydrogens is 256 g/mol. The van der Waals surface area contributed by atoms with Crippen molar-refractivity contribution in [3.05, 3.63) is 62.4 Å². The van der Waals surface area contributed by atoms with Crippen molar-refractivity contribution in [3.63, 3.8) is 0 Å². The number of nitrogens with zero attached hydrogens (tertiary/aromatic N) is 1. The summed E-state index contributed by atoms with van der Waals surface area (Å²) in [5.41, 5.74) is 1.08. The van der Waals surface area contributed by atoms with Crippen molar-refractivity contribution in [3.8, 4) is 5.75 Å². The predicted octanol–water partition coefficient (Wildman–Crippen LogP) is 1.28. The van der Waals surface area contributed by atoms with Gasteiger partial charge in [-0.3, -0.25) is 14.3 Å². The zero-order chi connectivity index (χ0) is 14.1. The van der Waals surface area contributed by atoms with Gasteiger partial charge in [-0.2, -0.15) is 0 Å². The minimum atomic E-state index is -0.364. The van der Waals surface area contributed by atoms with Gasteiger partial charge in [0.15, 0.2) is 0 Å². The van der Waals surface area contributed by atoms with Crippen LogP contribution in [0.2, 0.25) is 0 Å². The first-order chi connectivity index (χ1) is 9.69. The molecule has 20 heavy (non-hydrogen) atoms. The second-order valence-corrected chi connectivity index (χ2v) is 4.97. The monoisotopic (exact) mass is 272 g/mol. The molecule has 1 aromatic heterocycles. The third kappa shape index (κ3) is 2.15. The molecule has 5 heteroatoms. The van der Waals surface area contributed by atoms with Crippen LogP contribution >= 0.6 is 0 Å². The Kier molecular flexibility index (Phi) is 3.18. The van der Waals surface area contributed by atoms with Crippen molar-refractivity contribution < 1.29 is 4.74 Å². The van der Waals surface area contributed by atoms with Crippen LogP contribution in [-0.2, 0) is 13.0 Å². The molecule has 2 aromatic rings. The Labute approximate surface area is 115 Å². The Morgan fingerprint density at radius 2 is 2.15 bits per heavy atom. The number of hydrogen-bond donors (Lipinski definition) is 1. The van der Waals surface area contributed by atoms with Gasteiger partial charge in [0, 0.05) is 29.8 Å². The molecule has 0 bridgehead atoms. The molecule has 1 N–H and O–H groups in total. The normalized spacial score (nSPS) is 16.8. The van der Waals surface area contributed by atoms with E-state index >= 15 is 0 Å². The highest BCUT2D eigenvalue weighted by Gasteiger charge is 2.24. The van der Waals surface area contributed by atoms with Crippen LogP contribution in [0.5, 0.6) is 5.75 Å². The molecule has 0 fully saturated rings. The summed E-state index contributed by atoms with van der Waals surface area (Å²) in [5.74, 6) is 1.02. The SMILES string of the molecule is CCc1cn(CC2COc3ccccc32)c(=O)[nH]c1=O. The standard InChI is InChI=1S/C15H16N2O3/c1-2-10-7-17(15(19)16-14(10)18)8-11-9-20-13-6-4-3-5-12(11)13/h3-7,11H,2,8-9H2,1H3,(H,16,18,19). The number of aryl methyl sites for hydroxylation is 1. The van der Waals surface area contributed by atoms with E-state index in [1.54, 1.807) is 10.8 Å². The summed E-state index contributed by atoms with van der Waals surface area (Å²) in [6.45, 7) is 2.97. The van der Waals surface area contributed by atoms with Gasteiger partial charge in [-0.25, -0.2) is 4.79 Å². The Hall–Kier alpha value is -2.30. The van der Waals surface area contributed by atoms with Crippen molar-refractivity contribution in [1.29, 1.82) is 0 Å². The van der Waals surface area contributed by atoms with E-state index in [-0.39, 0.29) is 17.2 Å².